The highest BCUT2D eigenvalue weighted by molar-refractivity contribution is 5.85. The smallest absolute Gasteiger partial charge is 0.311 e. The van der Waals surface area contributed by atoms with Crippen LogP contribution in [0.1, 0.15) is 13.3 Å². The summed E-state index contributed by atoms with van der Waals surface area (Å²) in [7, 11) is 0. The van der Waals surface area contributed by atoms with E-state index in [0.29, 0.717) is 13.2 Å². The molecule has 0 saturated heterocycles. The van der Waals surface area contributed by atoms with Crippen LogP contribution in [0.5, 0.6) is 0 Å². The number of esters is 1. The number of halogens is 1. The van der Waals surface area contributed by atoms with Crippen molar-refractivity contribution in [2.45, 2.75) is 13.3 Å². The van der Waals surface area contributed by atoms with Crippen molar-refractivity contribution in [2.24, 2.45) is 5.92 Å². The van der Waals surface area contributed by atoms with Gasteiger partial charge in [0, 0.05) is 6.54 Å². The van der Waals surface area contributed by atoms with E-state index in [2.05, 4.69) is 5.32 Å². The number of rotatable bonds is 2. The standard InChI is InChI=1S/C8H13NO2.ClH/c1-2-11-8(10)7-4-3-5-9-6-7;/h3,5,7,9H,2,4,6H2,1H3;1H. The van der Waals surface area contributed by atoms with Gasteiger partial charge in [-0.15, -0.1) is 12.4 Å². The van der Waals surface area contributed by atoms with E-state index in [1.165, 1.54) is 0 Å². The van der Waals surface area contributed by atoms with Gasteiger partial charge in [-0.25, -0.2) is 0 Å². The van der Waals surface area contributed by atoms with Crippen LogP contribution in [-0.4, -0.2) is 19.1 Å². The van der Waals surface area contributed by atoms with Crippen molar-refractivity contribution in [1.29, 1.82) is 0 Å². The van der Waals surface area contributed by atoms with E-state index in [9.17, 15) is 4.79 Å². The van der Waals surface area contributed by atoms with Crippen molar-refractivity contribution < 1.29 is 9.53 Å². The number of carbonyl (C=O) groups is 1. The molecule has 1 heterocycles. The summed E-state index contributed by atoms with van der Waals surface area (Å²) in [5.41, 5.74) is 0. The normalized spacial score (nSPS) is 20.6. The SMILES string of the molecule is CCOC(=O)C1CC=CNC1.Cl. The lowest BCUT2D eigenvalue weighted by Crippen LogP contribution is -2.29. The first-order chi connectivity index (χ1) is 5.34. The third-order valence-corrected chi connectivity index (χ3v) is 1.64. The van der Waals surface area contributed by atoms with Crippen LogP contribution in [0.2, 0.25) is 0 Å². The molecule has 0 spiro atoms. The predicted octanol–water partition coefficient (Wildman–Crippen LogP) is 1.09. The van der Waals surface area contributed by atoms with Crippen LogP contribution >= 0.6 is 12.4 Å². The van der Waals surface area contributed by atoms with E-state index >= 15 is 0 Å². The summed E-state index contributed by atoms with van der Waals surface area (Å²) >= 11 is 0. The first-order valence-corrected chi connectivity index (χ1v) is 3.89. The summed E-state index contributed by atoms with van der Waals surface area (Å²) in [5.74, 6) is -0.0794. The Hall–Kier alpha value is -0.700. The second kappa shape index (κ2) is 5.89. The molecule has 1 N–H and O–H groups in total. The van der Waals surface area contributed by atoms with Gasteiger partial charge in [0.15, 0.2) is 0 Å². The third kappa shape index (κ3) is 3.13. The number of hydrogen-bond donors (Lipinski definition) is 1. The summed E-state index contributed by atoms with van der Waals surface area (Å²) in [5, 5.41) is 2.99. The minimum atomic E-state index is -0.0932. The molecule has 1 aliphatic rings. The molecule has 12 heavy (non-hydrogen) atoms. The van der Waals surface area contributed by atoms with Gasteiger partial charge in [-0.2, -0.15) is 0 Å². The van der Waals surface area contributed by atoms with Crippen molar-refractivity contribution in [2.75, 3.05) is 13.2 Å². The topological polar surface area (TPSA) is 38.3 Å². The van der Waals surface area contributed by atoms with Crippen LogP contribution in [0.25, 0.3) is 0 Å². The zero-order chi connectivity index (χ0) is 8.10. The molecule has 0 fully saturated rings. The summed E-state index contributed by atoms with van der Waals surface area (Å²) < 4.78 is 4.87. The summed E-state index contributed by atoms with van der Waals surface area (Å²) in [4.78, 5) is 11.1. The predicted molar refractivity (Wildman–Crippen MR) is 49.1 cm³/mol. The first-order valence-electron chi connectivity index (χ1n) is 3.89. The van der Waals surface area contributed by atoms with Crippen molar-refractivity contribution in [1.82, 2.24) is 5.32 Å². The maximum atomic E-state index is 11.1. The van der Waals surface area contributed by atoms with Gasteiger partial charge in [-0.3, -0.25) is 4.79 Å². The van der Waals surface area contributed by atoms with Crippen LogP contribution in [0, 0.1) is 5.92 Å². The quantitative estimate of drug-likeness (QED) is 0.665. The zero-order valence-electron chi connectivity index (χ0n) is 7.08. The summed E-state index contributed by atoms with van der Waals surface area (Å²) in [6.45, 7) is 3.00. The van der Waals surface area contributed by atoms with E-state index < -0.39 is 0 Å². The molecule has 0 bridgehead atoms. The first kappa shape index (κ1) is 11.3. The molecule has 3 nitrogen and oxygen atoms in total. The van der Waals surface area contributed by atoms with Gasteiger partial charge in [0.05, 0.1) is 12.5 Å². The Morgan fingerprint density at radius 2 is 2.50 bits per heavy atom. The molecule has 1 rings (SSSR count). The highest BCUT2D eigenvalue weighted by Gasteiger charge is 2.19. The lowest BCUT2D eigenvalue weighted by atomic mass is 10.0. The van der Waals surface area contributed by atoms with Crippen LogP contribution in [0.15, 0.2) is 12.3 Å². The lowest BCUT2D eigenvalue weighted by Gasteiger charge is -2.16. The van der Waals surface area contributed by atoms with Gasteiger partial charge < -0.3 is 10.1 Å². The van der Waals surface area contributed by atoms with Crippen LogP contribution < -0.4 is 5.32 Å². The van der Waals surface area contributed by atoms with Gasteiger partial charge in [-0.1, -0.05) is 6.08 Å². The Morgan fingerprint density at radius 3 is 3.00 bits per heavy atom. The van der Waals surface area contributed by atoms with Gasteiger partial charge in [0.2, 0.25) is 0 Å². The van der Waals surface area contributed by atoms with E-state index in [0.717, 1.165) is 6.42 Å². The molecule has 0 amide bonds. The van der Waals surface area contributed by atoms with E-state index in [4.69, 9.17) is 4.74 Å². The molecule has 0 aromatic rings. The molecular weight excluding hydrogens is 178 g/mol. The molecule has 0 aliphatic carbocycles. The largest absolute Gasteiger partial charge is 0.466 e. The molecule has 0 saturated carbocycles. The van der Waals surface area contributed by atoms with Crippen molar-refractivity contribution in [3.05, 3.63) is 12.3 Å². The van der Waals surface area contributed by atoms with Crippen LogP contribution in [-0.2, 0) is 9.53 Å². The lowest BCUT2D eigenvalue weighted by molar-refractivity contribution is -0.147. The third-order valence-electron chi connectivity index (χ3n) is 1.64. The van der Waals surface area contributed by atoms with Gasteiger partial charge in [0.1, 0.15) is 0 Å². The van der Waals surface area contributed by atoms with E-state index in [1.807, 2.05) is 19.2 Å². The molecule has 0 radical (unpaired) electrons. The Bertz CT molecular complexity index is 170. The number of carbonyl (C=O) groups excluding carboxylic acids is 1. The molecule has 1 aliphatic heterocycles. The second-order valence-corrected chi connectivity index (χ2v) is 2.50. The molecule has 0 aromatic carbocycles. The maximum Gasteiger partial charge on any atom is 0.311 e. The van der Waals surface area contributed by atoms with Crippen LogP contribution in [0.4, 0.5) is 0 Å². The molecule has 4 heteroatoms. The van der Waals surface area contributed by atoms with Gasteiger partial charge in [-0.05, 0) is 19.5 Å². The summed E-state index contributed by atoms with van der Waals surface area (Å²) in [6, 6.07) is 0. The van der Waals surface area contributed by atoms with E-state index in [-0.39, 0.29) is 24.3 Å². The molecule has 1 atom stereocenters. The van der Waals surface area contributed by atoms with Crippen LogP contribution in [0.3, 0.4) is 0 Å². The molecule has 70 valence electrons. The monoisotopic (exact) mass is 191 g/mol. The summed E-state index contributed by atoms with van der Waals surface area (Å²) in [6.07, 6.45) is 4.62. The molecule has 1 unspecified atom stereocenters. The van der Waals surface area contributed by atoms with Crippen molar-refractivity contribution in [3.8, 4) is 0 Å². The number of nitrogens with one attached hydrogen (secondary N) is 1. The average molecular weight is 192 g/mol. The average Bonchev–Trinajstić information content (AvgIpc) is 2.07. The van der Waals surface area contributed by atoms with Crippen molar-refractivity contribution in [3.63, 3.8) is 0 Å². The highest BCUT2D eigenvalue weighted by atomic mass is 35.5. The number of ether oxygens (including phenoxy) is 1. The second-order valence-electron chi connectivity index (χ2n) is 2.50. The van der Waals surface area contributed by atoms with Gasteiger partial charge in [0.25, 0.3) is 0 Å². The fourth-order valence-corrected chi connectivity index (χ4v) is 1.05. The molecular formula is C8H14ClNO2. The zero-order valence-corrected chi connectivity index (χ0v) is 7.89. The Balaban J connectivity index is 0.00000121. The van der Waals surface area contributed by atoms with Gasteiger partial charge >= 0.3 is 5.97 Å². The number of hydrogen-bond acceptors (Lipinski definition) is 3. The van der Waals surface area contributed by atoms with E-state index in [1.54, 1.807) is 0 Å². The Morgan fingerprint density at radius 1 is 1.75 bits per heavy atom. The molecule has 0 aromatic heterocycles. The fourth-order valence-electron chi connectivity index (χ4n) is 1.05. The minimum Gasteiger partial charge on any atom is -0.466 e. The maximum absolute atomic E-state index is 11.1. The van der Waals surface area contributed by atoms with Crippen molar-refractivity contribution >= 4 is 18.4 Å². The number of allylic oxidation sites excluding steroid dienone is 1. The minimum absolute atomic E-state index is 0. The highest BCUT2D eigenvalue weighted by Crippen LogP contribution is 2.08. The fraction of sp³-hybridized carbons (Fsp3) is 0.625. The Kier molecular flexibility index (Phi) is 5.54. The Labute approximate surface area is 78.6 Å².